The van der Waals surface area contributed by atoms with Gasteiger partial charge in [0.25, 0.3) is 0 Å². The number of rotatable bonds is 8. The minimum absolute atomic E-state index is 0.0152. The van der Waals surface area contributed by atoms with Crippen LogP contribution in [-0.4, -0.2) is 28.8 Å². The van der Waals surface area contributed by atoms with Crippen LogP contribution in [0.2, 0.25) is 5.02 Å². The van der Waals surface area contributed by atoms with Crippen molar-refractivity contribution >= 4 is 23.4 Å². The number of benzene rings is 2. The SMILES string of the molecule is CCC(C(=O)NC(C)C)N(Cc1ccc(C)cc1)C(=O)Cc1ccccc1Cl. The minimum Gasteiger partial charge on any atom is -0.352 e. The average molecular weight is 401 g/mol. The second kappa shape index (κ2) is 10.3. The molecule has 150 valence electrons. The smallest absolute Gasteiger partial charge is 0.243 e. The van der Waals surface area contributed by atoms with Crippen molar-refractivity contribution in [3.05, 3.63) is 70.2 Å². The van der Waals surface area contributed by atoms with Crippen molar-refractivity contribution in [3.63, 3.8) is 0 Å². The maximum absolute atomic E-state index is 13.2. The van der Waals surface area contributed by atoms with Crippen molar-refractivity contribution in [2.75, 3.05) is 0 Å². The molecule has 1 unspecified atom stereocenters. The maximum atomic E-state index is 13.2. The molecule has 28 heavy (non-hydrogen) atoms. The third-order valence-electron chi connectivity index (χ3n) is 4.59. The number of amides is 2. The zero-order valence-corrected chi connectivity index (χ0v) is 17.8. The lowest BCUT2D eigenvalue weighted by Crippen LogP contribution is -2.50. The van der Waals surface area contributed by atoms with Gasteiger partial charge in [-0.3, -0.25) is 9.59 Å². The summed E-state index contributed by atoms with van der Waals surface area (Å²) in [5.74, 6) is -0.239. The van der Waals surface area contributed by atoms with Gasteiger partial charge in [0.05, 0.1) is 6.42 Å². The van der Waals surface area contributed by atoms with Gasteiger partial charge < -0.3 is 10.2 Å². The second-order valence-corrected chi connectivity index (χ2v) is 7.77. The number of nitrogens with zero attached hydrogens (tertiary/aromatic N) is 1. The highest BCUT2D eigenvalue weighted by atomic mass is 35.5. The van der Waals surface area contributed by atoms with Gasteiger partial charge in [-0.25, -0.2) is 0 Å². The molecule has 0 aromatic heterocycles. The van der Waals surface area contributed by atoms with Crippen LogP contribution < -0.4 is 5.32 Å². The molecular formula is C23H29ClN2O2. The van der Waals surface area contributed by atoms with E-state index in [2.05, 4.69) is 5.32 Å². The molecule has 2 rings (SSSR count). The fourth-order valence-electron chi connectivity index (χ4n) is 3.10. The molecule has 0 fully saturated rings. The van der Waals surface area contributed by atoms with Crippen LogP contribution in [0.3, 0.4) is 0 Å². The molecule has 1 atom stereocenters. The summed E-state index contributed by atoms with van der Waals surface area (Å²) in [5, 5.41) is 3.50. The highest BCUT2D eigenvalue weighted by Gasteiger charge is 2.29. The van der Waals surface area contributed by atoms with Crippen molar-refractivity contribution in [1.29, 1.82) is 0 Å². The average Bonchev–Trinajstić information content (AvgIpc) is 2.64. The van der Waals surface area contributed by atoms with Crippen molar-refractivity contribution in [2.45, 2.75) is 59.2 Å². The molecule has 0 aliphatic rings. The van der Waals surface area contributed by atoms with Crippen molar-refractivity contribution in [2.24, 2.45) is 0 Å². The summed E-state index contributed by atoms with van der Waals surface area (Å²) in [6, 6.07) is 14.8. The van der Waals surface area contributed by atoms with Gasteiger partial charge in [0.1, 0.15) is 6.04 Å². The van der Waals surface area contributed by atoms with E-state index < -0.39 is 6.04 Å². The molecule has 1 N–H and O–H groups in total. The van der Waals surface area contributed by atoms with Gasteiger partial charge in [0.15, 0.2) is 0 Å². The molecule has 2 aromatic rings. The minimum atomic E-state index is -0.529. The quantitative estimate of drug-likeness (QED) is 0.708. The molecule has 0 saturated heterocycles. The summed E-state index contributed by atoms with van der Waals surface area (Å²) in [4.78, 5) is 27.6. The van der Waals surface area contributed by atoms with Gasteiger partial charge in [-0.15, -0.1) is 0 Å². The van der Waals surface area contributed by atoms with Crippen LogP contribution >= 0.6 is 11.6 Å². The maximum Gasteiger partial charge on any atom is 0.243 e. The standard InChI is InChI=1S/C23H29ClN2O2/c1-5-21(23(28)25-16(2)3)26(15-18-12-10-17(4)11-13-18)22(27)14-19-8-6-7-9-20(19)24/h6-13,16,21H,5,14-15H2,1-4H3,(H,25,28). The highest BCUT2D eigenvalue weighted by molar-refractivity contribution is 6.31. The Hall–Kier alpha value is -2.33. The molecule has 0 heterocycles. The number of nitrogens with one attached hydrogen (secondary N) is 1. The van der Waals surface area contributed by atoms with Crippen LogP contribution in [0.15, 0.2) is 48.5 Å². The summed E-state index contributed by atoms with van der Waals surface area (Å²) in [6.45, 7) is 8.17. The Kier molecular flexibility index (Phi) is 8.06. The number of hydrogen-bond donors (Lipinski definition) is 1. The fraction of sp³-hybridized carbons (Fsp3) is 0.391. The number of halogens is 1. The Morgan fingerprint density at radius 3 is 2.29 bits per heavy atom. The number of carbonyl (C=O) groups excluding carboxylic acids is 2. The van der Waals surface area contributed by atoms with Crippen LogP contribution in [0.5, 0.6) is 0 Å². The first-order valence-electron chi connectivity index (χ1n) is 9.70. The normalized spacial score (nSPS) is 11.9. The van der Waals surface area contributed by atoms with Gasteiger partial charge in [-0.1, -0.05) is 66.6 Å². The zero-order valence-electron chi connectivity index (χ0n) is 17.0. The van der Waals surface area contributed by atoms with E-state index in [1.807, 2.05) is 70.2 Å². The van der Waals surface area contributed by atoms with E-state index in [1.54, 1.807) is 11.0 Å². The van der Waals surface area contributed by atoms with Gasteiger partial charge in [0, 0.05) is 17.6 Å². The molecule has 2 aromatic carbocycles. The second-order valence-electron chi connectivity index (χ2n) is 7.36. The first-order chi connectivity index (χ1) is 13.3. The van der Waals surface area contributed by atoms with Gasteiger partial charge >= 0.3 is 0 Å². The third-order valence-corrected chi connectivity index (χ3v) is 4.96. The predicted octanol–water partition coefficient (Wildman–Crippen LogP) is 4.52. The Morgan fingerprint density at radius 1 is 1.07 bits per heavy atom. The monoisotopic (exact) mass is 400 g/mol. The largest absolute Gasteiger partial charge is 0.352 e. The lowest BCUT2D eigenvalue weighted by Gasteiger charge is -2.31. The molecule has 0 aliphatic carbocycles. The summed E-state index contributed by atoms with van der Waals surface area (Å²) < 4.78 is 0. The van der Waals surface area contributed by atoms with Crippen LogP contribution in [0.1, 0.15) is 43.9 Å². The summed E-state index contributed by atoms with van der Waals surface area (Å²) >= 11 is 6.25. The van der Waals surface area contributed by atoms with Crippen LogP contribution in [0, 0.1) is 6.92 Å². The first-order valence-corrected chi connectivity index (χ1v) is 10.1. The van der Waals surface area contributed by atoms with E-state index in [0.717, 1.165) is 16.7 Å². The third kappa shape index (κ3) is 6.10. The van der Waals surface area contributed by atoms with E-state index in [9.17, 15) is 9.59 Å². The van der Waals surface area contributed by atoms with Crippen LogP contribution in [0.4, 0.5) is 0 Å². The Bertz CT molecular complexity index is 803. The first kappa shape index (κ1) is 22.0. The number of carbonyl (C=O) groups is 2. The van der Waals surface area contributed by atoms with Gasteiger partial charge in [-0.2, -0.15) is 0 Å². The molecule has 0 aliphatic heterocycles. The summed E-state index contributed by atoms with van der Waals surface area (Å²) in [6.07, 6.45) is 0.704. The topological polar surface area (TPSA) is 49.4 Å². The molecular weight excluding hydrogens is 372 g/mol. The van der Waals surface area contributed by atoms with E-state index in [-0.39, 0.29) is 24.3 Å². The van der Waals surface area contributed by atoms with Gasteiger partial charge in [-0.05, 0) is 44.4 Å². The summed E-state index contributed by atoms with van der Waals surface area (Å²) in [5.41, 5.74) is 2.92. The van der Waals surface area contributed by atoms with Crippen molar-refractivity contribution in [1.82, 2.24) is 10.2 Å². The number of hydrogen-bond acceptors (Lipinski definition) is 2. The van der Waals surface area contributed by atoms with Crippen LogP contribution in [-0.2, 0) is 22.6 Å². The van der Waals surface area contributed by atoms with Crippen LogP contribution in [0.25, 0.3) is 0 Å². The molecule has 0 spiro atoms. The van der Waals surface area contributed by atoms with E-state index >= 15 is 0 Å². The van der Waals surface area contributed by atoms with E-state index in [0.29, 0.717) is 18.0 Å². The molecule has 0 radical (unpaired) electrons. The number of aryl methyl sites for hydroxylation is 1. The predicted molar refractivity (Wildman–Crippen MR) is 114 cm³/mol. The Morgan fingerprint density at radius 2 is 1.71 bits per heavy atom. The molecule has 4 nitrogen and oxygen atoms in total. The Labute approximate surface area is 172 Å². The molecule has 0 bridgehead atoms. The lowest BCUT2D eigenvalue weighted by molar-refractivity contribution is -0.141. The fourth-order valence-corrected chi connectivity index (χ4v) is 3.30. The highest BCUT2D eigenvalue weighted by Crippen LogP contribution is 2.19. The Balaban J connectivity index is 2.30. The lowest BCUT2D eigenvalue weighted by atomic mass is 10.1. The molecule has 5 heteroatoms. The molecule has 2 amide bonds. The van der Waals surface area contributed by atoms with E-state index in [4.69, 9.17) is 11.6 Å². The summed E-state index contributed by atoms with van der Waals surface area (Å²) in [7, 11) is 0. The van der Waals surface area contributed by atoms with Crippen molar-refractivity contribution < 1.29 is 9.59 Å². The zero-order chi connectivity index (χ0) is 20.7. The van der Waals surface area contributed by atoms with Gasteiger partial charge in [0.2, 0.25) is 11.8 Å². The van der Waals surface area contributed by atoms with Crippen molar-refractivity contribution in [3.8, 4) is 0 Å². The van der Waals surface area contributed by atoms with E-state index in [1.165, 1.54) is 0 Å². The molecule has 0 saturated carbocycles.